The highest BCUT2D eigenvalue weighted by molar-refractivity contribution is 5.54. The van der Waals surface area contributed by atoms with E-state index in [1.54, 1.807) is 6.20 Å². The van der Waals surface area contributed by atoms with E-state index in [4.69, 9.17) is 0 Å². The molecule has 3 rings (SSSR count). The zero-order valence-corrected chi connectivity index (χ0v) is 10.1. The maximum absolute atomic E-state index is 4.60. The molecule has 2 aromatic rings. The van der Waals surface area contributed by atoms with E-state index in [1.165, 1.54) is 19.2 Å². The first kappa shape index (κ1) is 11.0. The fraction of sp³-hybridized carbons (Fsp3) is 0.308. The topological polar surface area (TPSA) is 53.9 Å². The molecule has 92 valence electrons. The fourth-order valence-electron chi connectivity index (χ4n) is 2.11. The summed E-state index contributed by atoms with van der Waals surface area (Å²) < 4.78 is 0. The Morgan fingerprint density at radius 3 is 2.72 bits per heavy atom. The van der Waals surface area contributed by atoms with Gasteiger partial charge in [-0.15, -0.1) is 0 Å². The smallest absolute Gasteiger partial charge is 0.134 e. The molecule has 0 saturated carbocycles. The molecule has 1 aliphatic rings. The van der Waals surface area contributed by atoms with Crippen LogP contribution in [0, 0.1) is 0 Å². The van der Waals surface area contributed by atoms with Crippen LogP contribution >= 0.6 is 0 Å². The second-order valence-corrected chi connectivity index (χ2v) is 4.29. The van der Waals surface area contributed by atoms with Crippen molar-refractivity contribution in [1.29, 1.82) is 0 Å². The number of aromatic nitrogens is 3. The van der Waals surface area contributed by atoms with Gasteiger partial charge < -0.3 is 10.2 Å². The van der Waals surface area contributed by atoms with Gasteiger partial charge in [0.05, 0.1) is 0 Å². The molecule has 1 saturated heterocycles. The van der Waals surface area contributed by atoms with E-state index in [0.717, 1.165) is 30.5 Å². The van der Waals surface area contributed by atoms with E-state index in [9.17, 15) is 0 Å². The second kappa shape index (κ2) is 5.00. The highest BCUT2D eigenvalue weighted by Crippen LogP contribution is 2.20. The third-order valence-electron chi connectivity index (χ3n) is 3.00. The van der Waals surface area contributed by atoms with Crippen molar-refractivity contribution in [3.8, 4) is 0 Å². The molecule has 0 aromatic carbocycles. The van der Waals surface area contributed by atoms with Crippen LogP contribution in [0.5, 0.6) is 0 Å². The van der Waals surface area contributed by atoms with Crippen molar-refractivity contribution in [2.24, 2.45) is 0 Å². The van der Waals surface area contributed by atoms with Gasteiger partial charge in [0, 0.05) is 19.3 Å². The molecule has 0 amide bonds. The molecule has 0 aliphatic carbocycles. The Balaban J connectivity index is 1.78. The average molecular weight is 241 g/mol. The van der Waals surface area contributed by atoms with Crippen LogP contribution < -0.4 is 10.2 Å². The summed E-state index contributed by atoms with van der Waals surface area (Å²) in [6.45, 7) is 2.20. The molecule has 3 heterocycles. The Labute approximate surface area is 106 Å². The van der Waals surface area contributed by atoms with Crippen LogP contribution in [-0.2, 0) is 0 Å². The first-order valence-corrected chi connectivity index (χ1v) is 6.17. The maximum Gasteiger partial charge on any atom is 0.134 e. The van der Waals surface area contributed by atoms with E-state index >= 15 is 0 Å². The zero-order chi connectivity index (χ0) is 12.2. The number of anilines is 3. The van der Waals surface area contributed by atoms with E-state index in [2.05, 4.69) is 31.2 Å². The van der Waals surface area contributed by atoms with Crippen LogP contribution in [0.1, 0.15) is 12.8 Å². The summed E-state index contributed by atoms with van der Waals surface area (Å²) in [5.41, 5.74) is 0. The van der Waals surface area contributed by atoms with Gasteiger partial charge in [0.1, 0.15) is 23.8 Å². The van der Waals surface area contributed by atoms with Crippen LogP contribution in [0.15, 0.2) is 36.8 Å². The van der Waals surface area contributed by atoms with Gasteiger partial charge in [0.2, 0.25) is 0 Å². The molecule has 5 nitrogen and oxygen atoms in total. The summed E-state index contributed by atoms with van der Waals surface area (Å²) in [4.78, 5) is 14.9. The molecule has 0 unspecified atom stereocenters. The third-order valence-corrected chi connectivity index (χ3v) is 3.00. The predicted octanol–water partition coefficient (Wildman–Crippen LogP) is 2.22. The molecule has 1 N–H and O–H groups in total. The summed E-state index contributed by atoms with van der Waals surface area (Å²) in [5.74, 6) is 2.61. The first-order chi connectivity index (χ1) is 8.92. The Morgan fingerprint density at radius 1 is 1.06 bits per heavy atom. The van der Waals surface area contributed by atoms with Crippen molar-refractivity contribution < 1.29 is 0 Å². The summed E-state index contributed by atoms with van der Waals surface area (Å²) in [5, 5.41) is 3.18. The third kappa shape index (κ3) is 2.40. The van der Waals surface area contributed by atoms with E-state index in [1.807, 2.05) is 18.2 Å². The normalized spacial score (nSPS) is 14.8. The molecule has 0 atom stereocenters. The SMILES string of the molecule is c1cc(Nc2ccncn2)nc(N2CCCC2)c1. The van der Waals surface area contributed by atoms with Gasteiger partial charge in [0.25, 0.3) is 0 Å². The number of pyridine rings is 1. The van der Waals surface area contributed by atoms with Crippen LogP contribution in [0.4, 0.5) is 17.5 Å². The zero-order valence-electron chi connectivity index (χ0n) is 10.1. The molecule has 0 spiro atoms. The fourth-order valence-corrected chi connectivity index (χ4v) is 2.11. The summed E-state index contributed by atoms with van der Waals surface area (Å²) in [7, 11) is 0. The standard InChI is InChI=1S/C13H15N5/c1-2-9-18(8-1)13-5-3-4-12(17-13)16-11-6-7-14-10-15-11/h3-7,10H,1-2,8-9H2,(H,14,15,16,17). The number of nitrogens with zero attached hydrogens (tertiary/aromatic N) is 4. The summed E-state index contributed by atoms with van der Waals surface area (Å²) >= 11 is 0. The van der Waals surface area contributed by atoms with Crippen molar-refractivity contribution in [3.63, 3.8) is 0 Å². The molecule has 1 fully saturated rings. The monoisotopic (exact) mass is 241 g/mol. The van der Waals surface area contributed by atoms with Crippen molar-refractivity contribution in [2.75, 3.05) is 23.3 Å². The lowest BCUT2D eigenvalue weighted by Crippen LogP contribution is -2.19. The highest BCUT2D eigenvalue weighted by atomic mass is 15.2. The maximum atomic E-state index is 4.60. The Morgan fingerprint density at radius 2 is 1.94 bits per heavy atom. The predicted molar refractivity (Wildman–Crippen MR) is 71.0 cm³/mol. The van der Waals surface area contributed by atoms with Crippen LogP contribution in [0.2, 0.25) is 0 Å². The molecule has 18 heavy (non-hydrogen) atoms. The van der Waals surface area contributed by atoms with Gasteiger partial charge in [-0.3, -0.25) is 0 Å². The van der Waals surface area contributed by atoms with Gasteiger partial charge >= 0.3 is 0 Å². The Kier molecular flexibility index (Phi) is 3.04. The highest BCUT2D eigenvalue weighted by Gasteiger charge is 2.13. The van der Waals surface area contributed by atoms with E-state index < -0.39 is 0 Å². The van der Waals surface area contributed by atoms with Gasteiger partial charge in [0.15, 0.2) is 0 Å². The van der Waals surface area contributed by atoms with Gasteiger partial charge in [-0.2, -0.15) is 0 Å². The van der Waals surface area contributed by atoms with E-state index in [-0.39, 0.29) is 0 Å². The minimum Gasteiger partial charge on any atom is -0.357 e. The largest absolute Gasteiger partial charge is 0.357 e. The number of rotatable bonds is 3. The number of hydrogen-bond donors (Lipinski definition) is 1. The van der Waals surface area contributed by atoms with Crippen LogP contribution in [0.3, 0.4) is 0 Å². The van der Waals surface area contributed by atoms with Crippen LogP contribution in [0.25, 0.3) is 0 Å². The molecule has 0 bridgehead atoms. The van der Waals surface area contributed by atoms with Crippen molar-refractivity contribution in [1.82, 2.24) is 15.0 Å². The Bertz CT molecular complexity index is 508. The van der Waals surface area contributed by atoms with Crippen molar-refractivity contribution in [3.05, 3.63) is 36.8 Å². The van der Waals surface area contributed by atoms with E-state index in [0.29, 0.717) is 0 Å². The van der Waals surface area contributed by atoms with Gasteiger partial charge in [-0.05, 0) is 31.0 Å². The van der Waals surface area contributed by atoms with Crippen molar-refractivity contribution >= 4 is 17.5 Å². The van der Waals surface area contributed by atoms with Crippen LogP contribution in [-0.4, -0.2) is 28.0 Å². The van der Waals surface area contributed by atoms with Gasteiger partial charge in [-0.25, -0.2) is 15.0 Å². The lowest BCUT2D eigenvalue weighted by molar-refractivity contribution is 0.938. The molecule has 1 aliphatic heterocycles. The molecular formula is C13H15N5. The lowest BCUT2D eigenvalue weighted by Gasteiger charge is -2.17. The molecule has 2 aromatic heterocycles. The molecular weight excluding hydrogens is 226 g/mol. The quantitative estimate of drug-likeness (QED) is 0.893. The first-order valence-electron chi connectivity index (χ1n) is 6.17. The molecule has 5 heteroatoms. The lowest BCUT2D eigenvalue weighted by atomic mass is 10.4. The Hall–Kier alpha value is -2.17. The number of hydrogen-bond acceptors (Lipinski definition) is 5. The average Bonchev–Trinajstić information content (AvgIpc) is 2.94. The van der Waals surface area contributed by atoms with Crippen molar-refractivity contribution in [2.45, 2.75) is 12.8 Å². The minimum absolute atomic E-state index is 0.760. The summed E-state index contributed by atoms with van der Waals surface area (Å²) in [6, 6.07) is 7.84. The minimum atomic E-state index is 0.760. The second-order valence-electron chi connectivity index (χ2n) is 4.29. The molecule has 0 radical (unpaired) electrons. The summed E-state index contributed by atoms with van der Waals surface area (Å²) in [6.07, 6.45) is 5.74. The number of nitrogens with one attached hydrogen (secondary N) is 1. The van der Waals surface area contributed by atoms with Gasteiger partial charge in [-0.1, -0.05) is 6.07 Å².